The van der Waals surface area contributed by atoms with Crippen molar-refractivity contribution in [3.63, 3.8) is 0 Å². The highest BCUT2D eigenvalue weighted by Gasteiger charge is 2.22. The van der Waals surface area contributed by atoms with Crippen molar-refractivity contribution in [3.8, 4) is 0 Å². The Morgan fingerprint density at radius 1 is 1.09 bits per heavy atom. The van der Waals surface area contributed by atoms with Crippen molar-refractivity contribution >= 4 is 50.4 Å². The lowest BCUT2D eigenvalue weighted by Gasteiger charge is -2.13. The maximum absolute atomic E-state index is 12.8. The summed E-state index contributed by atoms with van der Waals surface area (Å²) in [5.41, 5.74) is 2.51. The number of carbonyl (C=O) groups is 1. The van der Waals surface area contributed by atoms with Gasteiger partial charge >= 0.3 is 0 Å². The van der Waals surface area contributed by atoms with Crippen molar-refractivity contribution in [1.82, 2.24) is 15.0 Å². The van der Waals surface area contributed by atoms with E-state index in [-0.39, 0.29) is 16.8 Å². The maximum Gasteiger partial charge on any atom is 0.264 e. The molecule has 2 aromatic heterocycles. The van der Waals surface area contributed by atoms with Gasteiger partial charge in [-0.05, 0) is 55.8 Å². The molecule has 4 rings (SSSR count). The molecule has 0 aliphatic heterocycles. The molecule has 4 aromatic rings. The number of aromatic nitrogens is 3. The van der Waals surface area contributed by atoms with Crippen LogP contribution in [0.15, 0.2) is 75.3 Å². The van der Waals surface area contributed by atoms with Crippen LogP contribution in [-0.2, 0) is 14.8 Å². The minimum absolute atomic E-state index is 0.00520. The first-order valence-corrected chi connectivity index (χ1v) is 12.5. The van der Waals surface area contributed by atoms with Gasteiger partial charge in [-0.2, -0.15) is 0 Å². The molecular formula is C22H21N5O4S2. The number of rotatable bonds is 8. The van der Waals surface area contributed by atoms with Gasteiger partial charge < -0.3 is 9.73 Å². The van der Waals surface area contributed by atoms with Gasteiger partial charge in [-0.15, -0.1) is 0 Å². The van der Waals surface area contributed by atoms with Crippen molar-refractivity contribution in [2.24, 2.45) is 0 Å². The molecule has 0 aliphatic carbocycles. The van der Waals surface area contributed by atoms with Gasteiger partial charge in [0.15, 0.2) is 5.58 Å². The van der Waals surface area contributed by atoms with Crippen LogP contribution in [0.4, 0.5) is 11.6 Å². The van der Waals surface area contributed by atoms with E-state index >= 15 is 0 Å². The second-order valence-electron chi connectivity index (χ2n) is 7.10. The molecule has 1 amide bonds. The monoisotopic (exact) mass is 483 g/mol. The molecule has 0 spiro atoms. The van der Waals surface area contributed by atoms with Crippen LogP contribution in [0.1, 0.15) is 19.0 Å². The Morgan fingerprint density at radius 3 is 2.55 bits per heavy atom. The van der Waals surface area contributed by atoms with Gasteiger partial charge in [-0.1, -0.05) is 30.8 Å². The SMILES string of the molecule is CCC(Sc1nc2ccccc2o1)C(=O)Nc1ccc(S(=O)(=O)Nc2nccc(C)n2)cc1. The van der Waals surface area contributed by atoms with Crippen LogP contribution >= 0.6 is 11.8 Å². The first-order chi connectivity index (χ1) is 15.8. The van der Waals surface area contributed by atoms with E-state index in [0.717, 1.165) is 5.52 Å². The molecule has 1 atom stereocenters. The van der Waals surface area contributed by atoms with E-state index in [4.69, 9.17) is 4.42 Å². The molecule has 170 valence electrons. The lowest BCUT2D eigenvalue weighted by molar-refractivity contribution is -0.115. The number of amides is 1. The van der Waals surface area contributed by atoms with E-state index in [2.05, 4.69) is 25.0 Å². The van der Waals surface area contributed by atoms with Crippen molar-refractivity contribution in [2.75, 3.05) is 10.0 Å². The molecule has 0 saturated carbocycles. The summed E-state index contributed by atoms with van der Waals surface area (Å²) >= 11 is 1.24. The van der Waals surface area contributed by atoms with E-state index in [1.807, 2.05) is 31.2 Å². The van der Waals surface area contributed by atoms with E-state index in [1.165, 1.54) is 42.2 Å². The molecular weight excluding hydrogens is 462 g/mol. The minimum Gasteiger partial charge on any atom is -0.431 e. The average Bonchev–Trinajstić information content (AvgIpc) is 3.20. The second-order valence-corrected chi connectivity index (χ2v) is 9.94. The second kappa shape index (κ2) is 9.59. The van der Waals surface area contributed by atoms with Gasteiger partial charge in [-0.3, -0.25) is 4.79 Å². The number of carbonyl (C=O) groups excluding carboxylic acids is 1. The molecule has 0 fully saturated rings. The lowest BCUT2D eigenvalue weighted by atomic mass is 10.3. The van der Waals surface area contributed by atoms with Crippen LogP contribution in [0.5, 0.6) is 0 Å². The number of fused-ring (bicyclic) bond motifs is 1. The van der Waals surface area contributed by atoms with Crippen LogP contribution in [0.2, 0.25) is 0 Å². The molecule has 0 saturated heterocycles. The molecule has 33 heavy (non-hydrogen) atoms. The van der Waals surface area contributed by atoms with E-state index in [1.54, 1.807) is 13.0 Å². The van der Waals surface area contributed by atoms with Crippen molar-refractivity contribution in [1.29, 1.82) is 0 Å². The number of aryl methyl sites for hydroxylation is 1. The Morgan fingerprint density at radius 2 is 1.85 bits per heavy atom. The summed E-state index contributed by atoms with van der Waals surface area (Å²) in [5.74, 6) is -0.235. The zero-order valence-corrected chi connectivity index (χ0v) is 19.5. The smallest absolute Gasteiger partial charge is 0.264 e. The third-order valence-electron chi connectivity index (χ3n) is 4.63. The number of hydrogen-bond donors (Lipinski definition) is 2. The Labute approximate surface area is 195 Å². The van der Waals surface area contributed by atoms with Gasteiger partial charge in [0, 0.05) is 17.6 Å². The fourth-order valence-corrected chi connectivity index (χ4v) is 4.78. The number of oxazole rings is 1. The van der Waals surface area contributed by atoms with Gasteiger partial charge in [0.05, 0.1) is 10.1 Å². The summed E-state index contributed by atoms with van der Waals surface area (Å²) in [4.78, 5) is 25.2. The molecule has 2 N–H and O–H groups in total. The number of benzene rings is 2. The number of para-hydroxylation sites is 2. The number of nitrogens with one attached hydrogen (secondary N) is 2. The minimum atomic E-state index is -3.86. The Balaban J connectivity index is 1.42. The van der Waals surface area contributed by atoms with Gasteiger partial charge in [0.25, 0.3) is 15.2 Å². The zero-order chi connectivity index (χ0) is 23.4. The standard InChI is InChI=1S/C22H21N5O4S2/c1-3-19(32-22-26-17-6-4-5-7-18(17)31-22)20(28)25-15-8-10-16(11-9-15)33(29,30)27-21-23-13-12-14(2)24-21/h4-13,19H,3H2,1-2H3,(H,25,28)(H,23,24,27). The highest BCUT2D eigenvalue weighted by Crippen LogP contribution is 2.29. The molecule has 0 bridgehead atoms. The summed E-state index contributed by atoms with van der Waals surface area (Å²) in [6.07, 6.45) is 2.03. The number of sulfonamides is 1. The number of hydrogen-bond acceptors (Lipinski definition) is 8. The fraction of sp³-hybridized carbons (Fsp3) is 0.182. The van der Waals surface area contributed by atoms with Gasteiger partial charge in [0.1, 0.15) is 5.52 Å². The average molecular weight is 484 g/mol. The largest absolute Gasteiger partial charge is 0.431 e. The summed E-state index contributed by atoms with van der Waals surface area (Å²) in [5, 5.41) is 2.81. The van der Waals surface area contributed by atoms with Crippen LogP contribution in [0, 0.1) is 6.92 Å². The molecule has 11 heteroatoms. The van der Waals surface area contributed by atoms with Crippen molar-refractivity contribution in [2.45, 2.75) is 35.6 Å². The molecule has 0 radical (unpaired) electrons. The fourth-order valence-electron chi connectivity index (χ4n) is 2.96. The molecule has 9 nitrogen and oxygen atoms in total. The summed E-state index contributed by atoms with van der Waals surface area (Å²) in [7, 11) is -3.86. The number of anilines is 2. The van der Waals surface area contributed by atoms with Gasteiger partial charge in [-0.25, -0.2) is 28.1 Å². The molecule has 1 unspecified atom stereocenters. The van der Waals surface area contributed by atoms with Crippen LogP contribution in [-0.4, -0.2) is 34.5 Å². The van der Waals surface area contributed by atoms with Crippen LogP contribution < -0.4 is 10.0 Å². The zero-order valence-electron chi connectivity index (χ0n) is 17.8. The topological polar surface area (TPSA) is 127 Å². The third-order valence-corrected chi connectivity index (χ3v) is 7.19. The quantitative estimate of drug-likeness (QED) is 0.356. The normalized spacial score (nSPS) is 12.4. The predicted octanol–water partition coefficient (Wildman–Crippen LogP) is 4.24. The van der Waals surface area contributed by atoms with E-state index in [0.29, 0.717) is 28.6 Å². The van der Waals surface area contributed by atoms with E-state index in [9.17, 15) is 13.2 Å². The molecule has 0 aliphatic rings. The predicted molar refractivity (Wildman–Crippen MR) is 127 cm³/mol. The van der Waals surface area contributed by atoms with Crippen molar-refractivity contribution in [3.05, 3.63) is 66.5 Å². The Bertz CT molecular complexity index is 1350. The maximum atomic E-state index is 12.8. The van der Waals surface area contributed by atoms with E-state index < -0.39 is 15.3 Å². The number of thioether (sulfide) groups is 1. The first kappa shape index (κ1) is 22.7. The summed E-state index contributed by atoms with van der Waals surface area (Å²) in [6, 6.07) is 14.9. The van der Waals surface area contributed by atoms with Crippen LogP contribution in [0.25, 0.3) is 11.1 Å². The Hall–Kier alpha value is -3.44. The van der Waals surface area contributed by atoms with Crippen LogP contribution in [0.3, 0.4) is 0 Å². The molecule has 2 aromatic carbocycles. The summed E-state index contributed by atoms with van der Waals surface area (Å²) in [6.45, 7) is 3.64. The highest BCUT2D eigenvalue weighted by molar-refractivity contribution is 8.00. The number of nitrogens with zero attached hydrogens (tertiary/aromatic N) is 3. The molecule has 2 heterocycles. The highest BCUT2D eigenvalue weighted by atomic mass is 32.2. The van der Waals surface area contributed by atoms with Crippen molar-refractivity contribution < 1.29 is 17.6 Å². The first-order valence-electron chi connectivity index (χ1n) is 10.1. The Kier molecular flexibility index (Phi) is 6.61. The summed E-state index contributed by atoms with van der Waals surface area (Å²) < 4.78 is 33.2. The lowest BCUT2D eigenvalue weighted by Crippen LogP contribution is -2.24. The third kappa shape index (κ3) is 5.49. The van der Waals surface area contributed by atoms with Gasteiger partial charge in [0.2, 0.25) is 11.9 Å².